The number of rotatable bonds is 6. The summed E-state index contributed by atoms with van der Waals surface area (Å²) >= 11 is 0. The van der Waals surface area contributed by atoms with E-state index in [0.29, 0.717) is 18.1 Å². The van der Waals surface area contributed by atoms with Crippen LogP contribution in [0.1, 0.15) is 12.5 Å². The molecular weight excluding hydrogens is 316 g/mol. The van der Waals surface area contributed by atoms with E-state index in [-0.39, 0.29) is 5.69 Å². The lowest BCUT2D eigenvalue weighted by Crippen LogP contribution is -2.08. The van der Waals surface area contributed by atoms with Gasteiger partial charge in [-0.1, -0.05) is 6.07 Å². The first-order valence-corrected chi connectivity index (χ1v) is 7.28. The molecule has 0 aliphatic heterocycles. The molecule has 2 aromatic rings. The summed E-state index contributed by atoms with van der Waals surface area (Å²) in [5, 5.41) is 2.39. The van der Waals surface area contributed by atoms with Crippen molar-refractivity contribution in [2.45, 2.75) is 6.92 Å². The van der Waals surface area contributed by atoms with E-state index >= 15 is 0 Å². The fraction of sp³-hybridized carbons (Fsp3) is 0.167. The molecule has 0 unspecified atom stereocenters. The molecule has 0 heterocycles. The summed E-state index contributed by atoms with van der Waals surface area (Å²) in [7, 11) is 1.52. The smallest absolute Gasteiger partial charge is 0.248 e. The highest BCUT2D eigenvalue weighted by molar-refractivity contribution is 6.01. The highest BCUT2D eigenvalue weighted by atomic mass is 19.1. The minimum atomic E-state index is -0.759. The van der Waals surface area contributed by atoms with Gasteiger partial charge in [-0.15, -0.1) is 0 Å². The van der Waals surface area contributed by atoms with Crippen LogP contribution in [0.15, 0.2) is 42.5 Å². The van der Waals surface area contributed by atoms with Crippen LogP contribution in [0.25, 0.3) is 6.08 Å². The molecule has 126 valence electrons. The van der Waals surface area contributed by atoms with Gasteiger partial charge in [-0.25, -0.2) is 8.78 Å². The van der Waals surface area contributed by atoms with Crippen molar-refractivity contribution in [2.24, 2.45) is 0 Å². The van der Waals surface area contributed by atoms with Gasteiger partial charge in [0.15, 0.2) is 11.5 Å². The largest absolute Gasteiger partial charge is 0.493 e. The molecule has 0 radical (unpaired) electrons. The monoisotopic (exact) mass is 333 g/mol. The van der Waals surface area contributed by atoms with Crippen LogP contribution in [-0.4, -0.2) is 19.6 Å². The summed E-state index contributed by atoms with van der Waals surface area (Å²) in [5.41, 5.74) is 0.766. The fourth-order valence-corrected chi connectivity index (χ4v) is 2.04. The van der Waals surface area contributed by atoms with E-state index in [0.717, 1.165) is 23.8 Å². The summed E-state index contributed by atoms with van der Waals surface area (Å²) in [6.45, 7) is 2.38. The first-order chi connectivity index (χ1) is 11.5. The molecule has 0 spiro atoms. The van der Waals surface area contributed by atoms with Crippen molar-refractivity contribution in [1.29, 1.82) is 0 Å². The number of hydrogen-bond acceptors (Lipinski definition) is 3. The van der Waals surface area contributed by atoms with Crippen LogP contribution in [0.3, 0.4) is 0 Å². The van der Waals surface area contributed by atoms with Crippen LogP contribution in [0.4, 0.5) is 14.5 Å². The zero-order valence-electron chi connectivity index (χ0n) is 13.3. The highest BCUT2D eigenvalue weighted by Gasteiger charge is 2.05. The summed E-state index contributed by atoms with van der Waals surface area (Å²) in [6.07, 6.45) is 2.82. The lowest BCUT2D eigenvalue weighted by atomic mass is 10.2. The Kier molecular flexibility index (Phi) is 5.89. The van der Waals surface area contributed by atoms with Gasteiger partial charge in [0.05, 0.1) is 13.7 Å². The van der Waals surface area contributed by atoms with Crippen LogP contribution < -0.4 is 14.8 Å². The Hall–Kier alpha value is -2.89. The van der Waals surface area contributed by atoms with Gasteiger partial charge in [0, 0.05) is 17.8 Å². The van der Waals surface area contributed by atoms with Gasteiger partial charge in [-0.2, -0.15) is 0 Å². The fourth-order valence-electron chi connectivity index (χ4n) is 2.04. The van der Waals surface area contributed by atoms with E-state index in [1.807, 2.05) is 6.92 Å². The number of benzene rings is 2. The minimum absolute atomic E-state index is 0.0476. The van der Waals surface area contributed by atoms with Crippen molar-refractivity contribution in [3.8, 4) is 11.5 Å². The van der Waals surface area contributed by atoms with Crippen LogP contribution in [0, 0.1) is 11.6 Å². The first kappa shape index (κ1) is 17.5. The molecule has 0 saturated heterocycles. The normalized spacial score (nSPS) is 10.7. The van der Waals surface area contributed by atoms with Crippen molar-refractivity contribution < 1.29 is 23.0 Å². The molecule has 0 aromatic heterocycles. The van der Waals surface area contributed by atoms with Gasteiger partial charge in [-0.3, -0.25) is 4.79 Å². The molecule has 1 N–H and O–H groups in total. The maximum Gasteiger partial charge on any atom is 0.248 e. The minimum Gasteiger partial charge on any atom is -0.493 e. The topological polar surface area (TPSA) is 47.6 Å². The Morgan fingerprint density at radius 1 is 1.12 bits per heavy atom. The third-order valence-corrected chi connectivity index (χ3v) is 3.04. The summed E-state index contributed by atoms with van der Waals surface area (Å²) in [6, 6.07) is 8.03. The summed E-state index contributed by atoms with van der Waals surface area (Å²) in [4.78, 5) is 11.8. The zero-order chi connectivity index (χ0) is 17.5. The first-order valence-electron chi connectivity index (χ1n) is 7.28. The van der Waals surface area contributed by atoms with Crippen molar-refractivity contribution in [3.05, 3.63) is 59.7 Å². The van der Waals surface area contributed by atoms with Gasteiger partial charge < -0.3 is 14.8 Å². The Bertz CT molecular complexity index is 740. The standard InChI is InChI=1S/C18H17F2NO3/c1-3-24-16-6-4-12(8-17(16)23-2)5-7-18(22)21-15-10-13(19)9-14(20)11-15/h4-11H,3H2,1-2H3,(H,21,22)/b7-5+. The van der Waals surface area contributed by atoms with Gasteiger partial charge in [-0.05, 0) is 42.8 Å². The molecule has 24 heavy (non-hydrogen) atoms. The number of carbonyl (C=O) groups is 1. The van der Waals surface area contributed by atoms with E-state index in [4.69, 9.17) is 9.47 Å². The van der Waals surface area contributed by atoms with Crippen molar-refractivity contribution in [1.82, 2.24) is 0 Å². The Balaban J connectivity index is 2.08. The third-order valence-electron chi connectivity index (χ3n) is 3.04. The lowest BCUT2D eigenvalue weighted by molar-refractivity contribution is -0.111. The third kappa shape index (κ3) is 4.81. The molecule has 6 heteroatoms. The molecule has 0 saturated carbocycles. The van der Waals surface area contributed by atoms with Gasteiger partial charge in [0.2, 0.25) is 5.91 Å². The summed E-state index contributed by atoms with van der Waals surface area (Å²) < 4.78 is 36.8. The van der Waals surface area contributed by atoms with Crippen LogP contribution in [0.2, 0.25) is 0 Å². The van der Waals surface area contributed by atoms with E-state index in [1.54, 1.807) is 24.3 Å². The predicted octanol–water partition coefficient (Wildman–Crippen LogP) is 4.02. The number of carbonyl (C=O) groups excluding carboxylic acids is 1. The highest BCUT2D eigenvalue weighted by Crippen LogP contribution is 2.28. The number of nitrogens with one attached hydrogen (secondary N) is 1. The van der Waals surface area contributed by atoms with E-state index < -0.39 is 17.5 Å². The predicted molar refractivity (Wildman–Crippen MR) is 88.2 cm³/mol. The molecule has 0 aliphatic rings. The second-order valence-corrected chi connectivity index (χ2v) is 4.82. The molecule has 0 aliphatic carbocycles. The summed E-state index contributed by atoms with van der Waals surface area (Å²) in [5.74, 6) is -0.868. The second-order valence-electron chi connectivity index (χ2n) is 4.82. The molecule has 1 amide bonds. The van der Waals surface area contributed by atoms with Crippen molar-refractivity contribution in [3.63, 3.8) is 0 Å². The molecule has 0 bridgehead atoms. The molecular formula is C18H17F2NO3. The number of methoxy groups -OCH3 is 1. The quantitative estimate of drug-likeness (QED) is 0.812. The van der Waals surface area contributed by atoms with Crippen molar-refractivity contribution in [2.75, 3.05) is 19.0 Å². The molecule has 4 nitrogen and oxygen atoms in total. The Morgan fingerprint density at radius 3 is 2.46 bits per heavy atom. The van der Waals surface area contributed by atoms with E-state index in [1.165, 1.54) is 13.2 Å². The van der Waals surface area contributed by atoms with Crippen LogP contribution >= 0.6 is 0 Å². The second kappa shape index (κ2) is 8.10. The number of halogens is 2. The van der Waals surface area contributed by atoms with Crippen molar-refractivity contribution >= 4 is 17.7 Å². The average Bonchev–Trinajstić information content (AvgIpc) is 2.53. The molecule has 0 atom stereocenters. The lowest BCUT2D eigenvalue weighted by Gasteiger charge is -2.09. The SMILES string of the molecule is CCOc1ccc(/C=C/C(=O)Nc2cc(F)cc(F)c2)cc1OC. The average molecular weight is 333 g/mol. The number of anilines is 1. The number of hydrogen-bond donors (Lipinski definition) is 1. The molecule has 2 aromatic carbocycles. The van der Waals surface area contributed by atoms with Crippen LogP contribution in [0.5, 0.6) is 11.5 Å². The Morgan fingerprint density at radius 2 is 1.83 bits per heavy atom. The number of amides is 1. The van der Waals surface area contributed by atoms with Gasteiger partial charge >= 0.3 is 0 Å². The van der Waals surface area contributed by atoms with Gasteiger partial charge in [0.1, 0.15) is 11.6 Å². The molecule has 2 rings (SSSR count). The number of ether oxygens (including phenoxy) is 2. The van der Waals surface area contributed by atoms with Gasteiger partial charge in [0.25, 0.3) is 0 Å². The van der Waals surface area contributed by atoms with E-state index in [2.05, 4.69) is 5.32 Å². The van der Waals surface area contributed by atoms with Crippen LogP contribution in [-0.2, 0) is 4.79 Å². The maximum absolute atomic E-state index is 13.1. The Labute approximate surface area is 138 Å². The maximum atomic E-state index is 13.1. The van der Waals surface area contributed by atoms with E-state index in [9.17, 15) is 13.6 Å². The molecule has 0 fully saturated rings. The zero-order valence-corrected chi connectivity index (χ0v) is 13.3.